The van der Waals surface area contributed by atoms with Crippen molar-refractivity contribution in [1.82, 2.24) is 0 Å². The van der Waals surface area contributed by atoms with E-state index in [1.165, 1.54) is 10.4 Å². The fourth-order valence-electron chi connectivity index (χ4n) is 2.34. The van der Waals surface area contributed by atoms with E-state index in [4.69, 9.17) is 4.43 Å². The molecule has 0 saturated carbocycles. The van der Waals surface area contributed by atoms with Crippen LogP contribution in [0.5, 0.6) is 0 Å². The van der Waals surface area contributed by atoms with Crippen molar-refractivity contribution in [3.8, 4) is 0 Å². The molecule has 0 atom stereocenters. The van der Waals surface area contributed by atoms with E-state index in [1.807, 2.05) is 0 Å². The number of hydrogen-bond donors (Lipinski definition) is 0. The lowest BCUT2D eigenvalue weighted by molar-refractivity contribution is 0.290. The van der Waals surface area contributed by atoms with E-state index in [9.17, 15) is 0 Å². The SMILES string of the molecule is CC(C)CCO[Si](C)(c1ccccc1)c1ccccc1. The topological polar surface area (TPSA) is 9.23 Å². The summed E-state index contributed by atoms with van der Waals surface area (Å²) in [5, 5.41) is 2.69. The quantitative estimate of drug-likeness (QED) is 0.738. The molecule has 0 aromatic heterocycles. The summed E-state index contributed by atoms with van der Waals surface area (Å²) in [6, 6.07) is 21.4. The molecule has 20 heavy (non-hydrogen) atoms. The molecular formula is C18H24OSi. The molecule has 0 heterocycles. The summed E-state index contributed by atoms with van der Waals surface area (Å²) in [5.41, 5.74) is 0. The molecule has 0 unspecified atom stereocenters. The van der Waals surface area contributed by atoms with Crippen LogP contribution in [0, 0.1) is 5.92 Å². The van der Waals surface area contributed by atoms with Crippen LogP contribution < -0.4 is 10.4 Å². The van der Waals surface area contributed by atoms with E-state index in [0.717, 1.165) is 13.0 Å². The van der Waals surface area contributed by atoms with Crippen LogP contribution in [0.3, 0.4) is 0 Å². The first-order valence-corrected chi connectivity index (χ1v) is 9.79. The highest BCUT2D eigenvalue weighted by atomic mass is 28.4. The minimum absolute atomic E-state index is 0.680. The highest BCUT2D eigenvalue weighted by Crippen LogP contribution is 2.10. The van der Waals surface area contributed by atoms with Crippen LogP contribution in [-0.2, 0) is 4.43 Å². The van der Waals surface area contributed by atoms with Crippen LogP contribution in [-0.4, -0.2) is 14.9 Å². The Bertz CT molecular complexity index is 468. The second kappa shape index (κ2) is 6.87. The Kier molecular flexibility index (Phi) is 5.15. The molecular weight excluding hydrogens is 260 g/mol. The summed E-state index contributed by atoms with van der Waals surface area (Å²) in [4.78, 5) is 0. The lowest BCUT2D eigenvalue weighted by Gasteiger charge is -2.29. The Balaban J connectivity index is 2.29. The summed E-state index contributed by atoms with van der Waals surface area (Å²) >= 11 is 0. The van der Waals surface area contributed by atoms with Crippen LogP contribution in [0.25, 0.3) is 0 Å². The van der Waals surface area contributed by atoms with Crippen LogP contribution in [0.4, 0.5) is 0 Å². The fourth-order valence-corrected chi connectivity index (χ4v) is 5.19. The van der Waals surface area contributed by atoms with Gasteiger partial charge in [0.1, 0.15) is 0 Å². The largest absolute Gasteiger partial charge is 0.408 e. The van der Waals surface area contributed by atoms with Crippen molar-refractivity contribution < 1.29 is 4.43 Å². The molecule has 0 amide bonds. The molecule has 0 spiro atoms. The van der Waals surface area contributed by atoms with E-state index >= 15 is 0 Å². The van der Waals surface area contributed by atoms with Gasteiger partial charge in [-0.2, -0.15) is 0 Å². The van der Waals surface area contributed by atoms with Gasteiger partial charge in [-0.05, 0) is 29.3 Å². The molecule has 0 aliphatic heterocycles. The van der Waals surface area contributed by atoms with Gasteiger partial charge in [0, 0.05) is 6.61 Å². The second-order valence-corrected chi connectivity index (χ2v) is 9.31. The van der Waals surface area contributed by atoms with Crippen molar-refractivity contribution in [1.29, 1.82) is 0 Å². The first-order valence-electron chi connectivity index (χ1n) is 7.38. The van der Waals surface area contributed by atoms with Gasteiger partial charge in [0.25, 0.3) is 8.32 Å². The van der Waals surface area contributed by atoms with Gasteiger partial charge in [-0.3, -0.25) is 0 Å². The minimum atomic E-state index is -2.07. The van der Waals surface area contributed by atoms with E-state index in [1.54, 1.807) is 0 Å². The van der Waals surface area contributed by atoms with Crippen molar-refractivity contribution in [3.63, 3.8) is 0 Å². The Morgan fingerprint density at radius 3 is 1.70 bits per heavy atom. The smallest absolute Gasteiger partial charge is 0.252 e. The Labute approximate surface area is 123 Å². The molecule has 0 N–H and O–H groups in total. The number of hydrogen-bond acceptors (Lipinski definition) is 1. The predicted octanol–water partition coefficient (Wildman–Crippen LogP) is 3.44. The Morgan fingerprint density at radius 2 is 1.30 bits per heavy atom. The molecule has 2 aromatic rings. The lowest BCUT2D eigenvalue weighted by atomic mass is 10.2. The number of benzene rings is 2. The average Bonchev–Trinajstić information content (AvgIpc) is 2.48. The van der Waals surface area contributed by atoms with Gasteiger partial charge in [0.15, 0.2) is 0 Å². The zero-order valence-electron chi connectivity index (χ0n) is 12.7. The molecule has 0 fully saturated rings. The zero-order chi connectivity index (χ0) is 14.4. The summed E-state index contributed by atoms with van der Waals surface area (Å²) in [7, 11) is -2.07. The molecule has 0 aliphatic rings. The van der Waals surface area contributed by atoms with Crippen molar-refractivity contribution in [3.05, 3.63) is 60.7 Å². The third-order valence-electron chi connectivity index (χ3n) is 3.74. The Morgan fingerprint density at radius 1 is 0.850 bits per heavy atom. The van der Waals surface area contributed by atoms with Crippen LogP contribution >= 0.6 is 0 Å². The molecule has 0 saturated heterocycles. The fraction of sp³-hybridized carbons (Fsp3) is 0.333. The first-order chi connectivity index (χ1) is 9.63. The Hall–Kier alpha value is -1.38. The van der Waals surface area contributed by atoms with Crippen LogP contribution in [0.15, 0.2) is 60.7 Å². The minimum Gasteiger partial charge on any atom is -0.408 e. The molecule has 2 rings (SSSR count). The summed E-state index contributed by atoms with van der Waals surface area (Å²) in [6.45, 7) is 7.63. The second-order valence-electron chi connectivity index (χ2n) is 5.80. The van der Waals surface area contributed by atoms with Crippen LogP contribution in [0.2, 0.25) is 6.55 Å². The first kappa shape index (κ1) is 15.0. The van der Waals surface area contributed by atoms with Crippen molar-refractivity contribution in [2.24, 2.45) is 5.92 Å². The summed E-state index contributed by atoms with van der Waals surface area (Å²) in [6.07, 6.45) is 1.11. The van der Waals surface area contributed by atoms with Crippen molar-refractivity contribution in [2.75, 3.05) is 6.61 Å². The van der Waals surface area contributed by atoms with Gasteiger partial charge in [-0.1, -0.05) is 74.5 Å². The maximum Gasteiger partial charge on any atom is 0.252 e. The van der Waals surface area contributed by atoms with Gasteiger partial charge in [0.05, 0.1) is 0 Å². The van der Waals surface area contributed by atoms with E-state index in [2.05, 4.69) is 81.1 Å². The molecule has 2 heteroatoms. The molecule has 1 nitrogen and oxygen atoms in total. The molecule has 0 radical (unpaired) electrons. The van der Waals surface area contributed by atoms with Gasteiger partial charge in [0.2, 0.25) is 0 Å². The summed E-state index contributed by atoms with van der Waals surface area (Å²) in [5.74, 6) is 0.680. The highest BCUT2D eigenvalue weighted by molar-refractivity contribution is 6.96. The number of rotatable bonds is 6. The maximum atomic E-state index is 6.45. The third kappa shape index (κ3) is 3.59. The average molecular weight is 284 g/mol. The lowest BCUT2D eigenvalue weighted by Crippen LogP contribution is -2.58. The van der Waals surface area contributed by atoms with Crippen molar-refractivity contribution in [2.45, 2.75) is 26.8 Å². The molecule has 0 aliphatic carbocycles. The maximum absolute atomic E-state index is 6.45. The highest BCUT2D eigenvalue weighted by Gasteiger charge is 2.33. The van der Waals surface area contributed by atoms with Gasteiger partial charge in [-0.25, -0.2) is 0 Å². The summed E-state index contributed by atoms with van der Waals surface area (Å²) < 4.78 is 6.45. The molecule has 0 bridgehead atoms. The predicted molar refractivity (Wildman–Crippen MR) is 89.2 cm³/mol. The monoisotopic (exact) mass is 284 g/mol. The van der Waals surface area contributed by atoms with Crippen molar-refractivity contribution >= 4 is 18.7 Å². The molecule has 106 valence electrons. The van der Waals surface area contributed by atoms with E-state index < -0.39 is 8.32 Å². The molecule has 2 aromatic carbocycles. The van der Waals surface area contributed by atoms with Gasteiger partial charge < -0.3 is 4.43 Å². The van der Waals surface area contributed by atoms with Gasteiger partial charge in [-0.15, -0.1) is 0 Å². The third-order valence-corrected chi connectivity index (χ3v) is 7.39. The standard InChI is InChI=1S/C18H24OSi/c1-16(2)14-15-19-20(3,17-10-6-4-7-11-17)18-12-8-5-9-13-18/h4-13,16H,14-15H2,1-3H3. The zero-order valence-corrected chi connectivity index (χ0v) is 13.7. The van der Waals surface area contributed by atoms with E-state index in [-0.39, 0.29) is 0 Å². The van der Waals surface area contributed by atoms with E-state index in [0.29, 0.717) is 5.92 Å². The van der Waals surface area contributed by atoms with Crippen LogP contribution in [0.1, 0.15) is 20.3 Å². The normalized spacial score (nSPS) is 11.8. The van der Waals surface area contributed by atoms with Gasteiger partial charge >= 0.3 is 0 Å².